The summed E-state index contributed by atoms with van der Waals surface area (Å²) in [5.41, 5.74) is 7.11. The molecule has 1 amide bonds. The van der Waals surface area contributed by atoms with E-state index in [2.05, 4.69) is 45.5 Å². The van der Waals surface area contributed by atoms with E-state index >= 15 is 0 Å². The van der Waals surface area contributed by atoms with Gasteiger partial charge in [0.15, 0.2) is 0 Å². The number of rotatable bonds is 5. The van der Waals surface area contributed by atoms with Crippen molar-refractivity contribution in [2.75, 3.05) is 6.54 Å². The van der Waals surface area contributed by atoms with Gasteiger partial charge >= 0.3 is 0 Å². The van der Waals surface area contributed by atoms with E-state index in [4.69, 9.17) is 5.73 Å². The Morgan fingerprint density at radius 2 is 1.90 bits per heavy atom. The van der Waals surface area contributed by atoms with Crippen LogP contribution in [0.1, 0.15) is 44.6 Å². The average molecular weight is 376 g/mol. The van der Waals surface area contributed by atoms with Crippen molar-refractivity contribution in [2.45, 2.75) is 50.5 Å². The molecule has 2 rings (SSSR count). The Morgan fingerprint density at radius 3 is 2.43 bits per heavy atom. The van der Waals surface area contributed by atoms with Crippen molar-refractivity contribution in [3.05, 3.63) is 34.3 Å². The van der Waals surface area contributed by atoms with Crippen LogP contribution in [0.3, 0.4) is 0 Å². The Morgan fingerprint density at radius 1 is 1.33 bits per heavy atom. The Kier molecular flexibility index (Phi) is 7.17. The van der Waals surface area contributed by atoms with E-state index in [-0.39, 0.29) is 29.8 Å². The second kappa shape index (κ2) is 8.16. The van der Waals surface area contributed by atoms with Gasteiger partial charge in [0, 0.05) is 28.9 Å². The number of carbonyl (C=O) groups is 1. The summed E-state index contributed by atoms with van der Waals surface area (Å²) in [7, 11) is 0. The predicted octanol–water partition coefficient (Wildman–Crippen LogP) is 3.54. The monoisotopic (exact) mass is 374 g/mol. The van der Waals surface area contributed by atoms with Crippen LogP contribution in [-0.2, 0) is 10.2 Å². The largest absolute Gasteiger partial charge is 0.355 e. The zero-order valence-electron chi connectivity index (χ0n) is 12.4. The third-order valence-corrected chi connectivity index (χ3v) is 4.68. The van der Waals surface area contributed by atoms with Crippen LogP contribution in [0.15, 0.2) is 28.7 Å². The number of hydrogen-bond acceptors (Lipinski definition) is 2. The molecule has 3 N–H and O–H groups in total. The van der Waals surface area contributed by atoms with Crippen molar-refractivity contribution in [2.24, 2.45) is 5.73 Å². The quantitative estimate of drug-likeness (QED) is 0.827. The van der Waals surface area contributed by atoms with Crippen molar-refractivity contribution in [1.82, 2.24) is 5.32 Å². The molecule has 0 aromatic heterocycles. The van der Waals surface area contributed by atoms with Gasteiger partial charge in [-0.3, -0.25) is 4.79 Å². The smallest absolute Gasteiger partial charge is 0.221 e. The van der Waals surface area contributed by atoms with Crippen LogP contribution in [0.2, 0.25) is 0 Å². The lowest BCUT2D eigenvalue weighted by Gasteiger charge is -2.30. The molecule has 0 radical (unpaired) electrons. The average Bonchev–Trinajstić information content (AvgIpc) is 2.86. The van der Waals surface area contributed by atoms with Gasteiger partial charge in [-0.15, -0.1) is 12.4 Å². The zero-order valence-corrected chi connectivity index (χ0v) is 14.8. The molecule has 1 fully saturated rings. The van der Waals surface area contributed by atoms with Crippen LogP contribution >= 0.6 is 28.3 Å². The van der Waals surface area contributed by atoms with Gasteiger partial charge < -0.3 is 11.1 Å². The molecule has 0 heterocycles. The summed E-state index contributed by atoms with van der Waals surface area (Å²) in [5, 5.41) is 3.08. The molecule has 1 saturated carbocycles. The molecular weight excluding hydrogens is 352 g/mol. The first-order valence-corrected chi connectivity index (χ1v) is 8.09. The van der Waals surface area contributed by atoms with Gasteiger partial charge in [-0.25, -0.2) is 0 Å². The number of benzene rings is 1. The molecule has 1 unspecified atom stereocenters. The first kappa shape index (κ1) is 18.5. The first-order chi connectivity index (χ1) is 9.52. The molecule has 1 atom stereocenters. The van der Waals surface area contributed by atoms with Gasteiger partial charge in [0.05, 0.1) is 0 Å². The highest BCUT2D eigenvalue weighted by Gasteiger charge is 2.35. The van der Waals surface area contributed by atoms with Crippen LogP contribution in [-0.4, -0.2) is 18.5 Å². The van der Waals surface area contributed by atoms with Crippen molar-refractivity contribution in [3.8, 4) is 0 Å². The second-order valence-corrected chi connectivity index (χ2v) is 6.87. The maximum Gasteiger partial charge on any atom is 0.221 e. The number of halogens is 2. The van der Waals surface area contributed by atoms with Gasteiger partial charge in [-0.1, -0.05) is 40.9 Å². The molecule has 5 heteroatoms. The minimum atomic E-state index is -0.0813. The topological polar surface area (TPSA) is 55.1 Å². The SMILES string of the molecule is CC(N)CC(=O)NCC1(c2ccc(Br)cc2)CCCC1.Cl. The van der Waals surface area contributed by atoms with Gasteiger partial charge in [-0.05, 0) is 37.5 Å². The Bertz CT molecular complexity index is 456. The minimum Gasteiger partial charge on any atom is -0.355 e. The zero-order chi connectivity index (χ0) is 14.6. The fourth-order valence-corrected chi connectivity index (χ4v) is 3.32. The molecule has 0 aliphatic heterocycles. The summed E-state index contributed by atoms with van der Waals surface area (Å²) >= 11 is 3.48. The van der Waals surface area contributed by atoms with Gasteiger partial charge in [0.25, 0.3) is 0 Å². The van der Waals surface area contributed by atoms with Crippen molar-refractivity contribution >= 4 is 34.2 Å². The highest BCUT2D eigenvalue weighted by molar-refractivity contribution is 9.10. The third kappa shape index (κ3) is 4.97. The molecule has 0 saturated heterocycles. The number of amides is 1. The summed E-state index contributed by atoms with van der Waals surface area (Å²) in [4.78, 5) is 11.8. The highest BCUT2D eigenvalue weighted by Crippen LogP contribution is 2.40. The van der Waals surface area contributed by atoms with E-state index in [1.807, 2.05) is 6.92 Å². The summed E-state index contributed by atoms with van der Waals surface area (Å²) in [6.45, 7) is 2.58. The molecule has 0 spiro atoms. The predicted molar refractivity (Wildman–Crippen MR) is 92.8 cm³/mol. The van der Waals surface area contributed by atoms with Crippen LogP contribution < -0.4 is 11.1 Å². The number of hydrogen-bond donors (Lipinski definition) is 2. The minimum absolute atomic E-state index is 0. The normalized spacial score (nSPS) is 17.9. The van der Waals surface area contributed by atoms with E-state index in [1.165, 1.54) is 18.4 Å². The molecule has 1 aromatic carbocycles. The first-order valence-electron chi connectivity index (χ1n) is 7.30. The fraction of sp³-hybridized carbons (Fsp3) is 0.562. The third-order valence-electron chi connectivity index (χ3n) is 4.15. The molecule has 118 valence electrons. The maximum atomic E-state index is 11.8. The van der Waals surface area contributed by atoms with E-state index in [0.717, 1.165) is 23.9 Å². The van der Waals surface area contributed by atoms with Crippen molar-refractivity contribution in [1.29, 1.82) is 0 Å². The standard InChI is InChI=1S/C16H23BrN2O.ClH/c1-12(18)10-15(20)19-11-16(8-2-3-9-16)13-4-6-14(17)7-5-13;/h4-7,12H,2-3,8-11,18H2,1H3,(H,19,20);1H. The summed E-state index contributed by atoms with van der Waals surface area (Å²) in [6, 6.07) is 8.43. The molecule has 1 aromatic rings. The lowest BCUT2D eigenvalue weighted by atomic mass is 9.79. The number of carbonyl (C=O) groups excluding carboxylic acids is 1. The van der Waals surface area contributed by atoms with Crippen LogP contribution in [0, 0.1) is 0 Å². The molecule has 21 heavy (non-hydrogen) atoms. The molecular formula is C16H24BrClN2O. The van der Waals surface area contributed by atoms with Crippen molar-refractivity contribution in [3.63, 3.8) is 0 Å². The molecule has 1 aliphatic rings. The van der Waals surface area contributed by atoms with Gasteiger partial charge in [0.2, 0.25) is 5.91 Å². The number of nitrogens with two attached hydrogens (primary N) is 1. The lowest BCUT2D eigenvalue weighted by molar-refractivity contribution is -0.121. The molecule has 3 nitrogen and oxygen atoms in total. The lowest BCUT2D eigenvalue weighted by Crippen LogP contribution is -2.40. The summed E-state index contributed by atoms with van der Waals surface area (Å²) in [5.74, 6) is 0.0587. The maximum absolute atomic E-state index is 11.8. The Balaban J connectivity index is 0.00000220. The van der Waals surface area contributed by atoms with Gasteiger partial charge in [-0.2, -0.15) is 0 Å². The summed E-state index contributed by atoms with van der Waals surface area (Å²) in [6.07, 6.45) is 5.16. The Hall–Kier alpha value is -0.580. The fourth-order valence-electron chi connectivity index (χ4n) is 3.06. The van der Waals surface area contributed by atoms with Crippen LogP contribution in [0.25, 0.3) is 0 Å². The molecule has 0 bridgehead atoms. The number of nitrogens with one attached hydrogen (secondary N) is 1. The Labute approximate surface area is 141 Å². The van der Waals surface area contributed by atoms with E-state index in [0.29, 0.717) is 6.42 Å². The van der Waals surface area contributed by atoms with Crippen LogP contribution in [0.5, 0.6) is 0 Å². The highest BCUT2D eigenvalue weighted by atomic mass is 79.9. The van der Waals surface area contributed by atoms with Crippen molar-refractivity contribution < 1.29 is 4.79 Å². The second-order valence-electron chi connectivity index (χ2n) is 5.95. The van der Waals surface area contributed by atoms with Crippen LogP contribution in [0.4, 0.5) is 0 Å². The van der Waals surface area contributed by atoms with Gasteiger partial charge in [0.1, 0.15) is 0 Å². The van der Waals surface area contributed by atoms with E-state index < -0.39 is 0 Å². The van der Waals surface area contributed by atoms with E-state index in [1.54, 1.807) is 0 Å². The summed E-state index contributed by atoms with van der Waals surface area (Å²) < 4.78 is 1.09. The van der Waals surface area contributed by atoms with E-state index in [9.17, 15) is 4.79 Å². The molecule has 1 aliphatic carbocycles.